The summed E-state index contributed by atoms with van der Waals surface area (Å²) in [5.74, 6) is -1.46. The third-order valence-corrected chi connectivity index (χ3v) is 11.4. The molecule has 1 spiro atoms. The molecule has 1 aromatic heterocycles. The Hall–Kier alpha value is -2.94. The van der Waals surface area contributed by atoms with Crippen LogP contribution in [0, 0.1) is 35.5 Å². The summed E-state index contributed by atoms with van der Waals surface area (Å²) in [5.41, 5.74) is -0.224. The Bertz CT molecular complexity index is 1590. The molecule has 1 aromatic carbocycles. The smallest absolute Gasteiger partial charge is 0.355 e. The molecule has 1 saturated heterocycles. The van der Waals surface area contributed by atoms with Gasteiger partial charge in [-0.1, -0.05) is 39.8 Å². The maximum absolute atomic E-state index is 15.0. The van der Waals surface area contributed by atoms with Gasteiger partial charge in [-0.25, -0.2) is 4.79 Å². The third-order valence-electron chi connectivity index (χ3n) is 11.4. The number of fused-ring (bicyclic) bond motifs is 4. The van der Waals surface area contributed by atoms with E-state index in [-0.39, 0.29) is 29.6 Å². The Labute approximate surface area is 254 Å². The molecule has 1 N–H and O–H groups in total. The van der Waals surface area contributed by atoms with Gasteiger partial charge >= 0.3 is 5.97 Å². The second-order valence-corrected chi connectivity index (χ2v) is 14.4. The van der Waals surface area contributed by atoms with Crippen LogP contribution in [-0.2, 0) is 26.1 Å². The number of nitrogens with zero attached hydrogens (tertiary/aromatic N) is 1. The fourth-order valence-corrected chi connectivity index (χ4v) is 8.55. The number of allylic oxidation sites excluding steroid dienone is 1. The average Bonchev–Trinajstić information content (AvgIpc) is 3.28. The second-order valence-electron chi connectivity index (χ2n) is 14.4. The highest BCUT2D eigenvalue weighted by molar-refractivity contribution is 6.00. The molecule has 2 fully saturated rings. The minimum atomic E-state index is -1.88. The van der Waals surface area contributed by atoms with Gasteiger partial charge in [-0.15, -0.1) is 0 Å². The molecule has 4 aliphatic rings. The van der Waals surface area contributed by atoms with Crippen LogP contribution in [0.1, 0.15) is 70.9 Å². The summed E-state index contributed by atoms with van der Waals surface area (Å²) in [5, 5.41) is 14.2. The van der Waals surface area contributed by atoms with Crippen molar-refractivity contribution >= 4 is 22.7 Å². The summed E-state index contributed by atoms with van der Waals surface area (Å²) < 4.78 is 26.3. The first-order chi connectivity index (χ1) is 20.0. The van der Waals surface area contributed by atoms with Crippen LogP contribution < -0.4 is 4.74 Å². The SMILES string of the molecule is COc1ccc2c(c1)c(C)c(C(=O)O[C@H]1C(C)=C[C@]34C(=O)[C@@H](C=C5COC(C)(C)O[C@H]5[C@]13O)C(C)(C)[C@@H](C)C[C@H]4C)n2C. The Kier molecular flexibility index (Phi) is 6.67. The number of Topliss-reactive ketones (excluding diaryl/α,β-unsaturated/α-hetero) is 1. The van der Waals surface area contributed by atoms with Gasteiger partial charge in [-0.05, 0) is 86.3 Å². The van der Waals surface area contributed by atoms with Crippen molar-refractivity contribution in [3.05, 3.63) is 52.8 Å². The number of aromatic nitrogens is 1. The summed E-state index contributed by atoms with van der Waals surface area (Å²) in [4.78, 5) is 29.1. The first kappa shape index (κ1) is 30.1. The fraction of sp³-hybridized carbons (Fsp3) is 0.600. The predicted molar refractivity (Wildman–Crippen MR) is 163 cm³/mol. The van der Waals surface area contributed by atoms with Crippen molar-refractivity contribution in [1.29, 1.82) is 0 Å². The number of rotatable bonds is 3. The molecule has 2 heterocycles. The molecule has 8 nitrogen and oxygen atoms in total. The van der Waals surface area contributed by atoms with Gasteiger partial charge in [0.25, 0.3) is 0 Å². The first-order valence-corrected chi connectivity index (χ1v) is 15.3. The Balaban J connectivity index is 1.52. The number of carbonyl (C=O) groups excluding carboxylic acids is 2. The topological polar surface area (TPSA) is 96.2 Å². The molecule has 0 unspecified atom stereocenters. The number of esters is 1. The second kappa shape index (κ2) is 9.53. The summed E-state index contributed by atoms with van der Waals surface area (Å²) in [6, 6.07) is 5.67. The molecule has 8 heteroatoms. The molecule has 232 valence electrons. The van der Waals surface area contributed by atoms with Gasteiger partial charge in [0.2, 0.25) is 0 Å². The lowest BCUT2D eigenvalue weighted by Gasteiger charge is -2.52. The number of aryl methyl sites for hydroxylation is 2. The molecule has 7 atom stereocenters. The molecule has 2 aromatic rings. The van der Waals surface area contributed by atoms with Gasteiger partial charge in [0.1, 0.15) is 17.5 Å². The van der Waals surface area contributed by atoms with Gasteiger partial charge < -0.3 is 28.6 Å². The van der Waals surface area contributed by atoms with Gasteiger partial charge in [-0.2, -0.15) is 0 Å². The van der Waals surface area contributed by atoms with E-state index < -0.39 is 40.9 Å². The number of ketones is 1. The zero-order chi connectivity index (χ0) is 31.4. The van der Waals surface area contributed by atoms with Gasteiger partial charge in [0.05, 0.1) is 19.1 Å². The summed E-state index contributed by atoms with van der Waals surface area (Å²) in [6.45, 7) is 16.1. The Morgan fingerprint density at radius 2 is 1.81 bits per heavy atom. The molecule has 0 radical (unpaired) electrons. The van der Waals surface area contributed by atoms with E-state index in [4.69, 9.17) is 18.9 Å². The number of methoxy groups -OCH3 is 1. The van der Waals surface area contributed by atoms with Crippen LogP contribution in [0.15, 0.2) is 41.5 Å². The highest BCUT2D eigenvalue weighted by atomic mass is 16.7. The molecule has 2 bridgehead atoms. The third kappa shape index (κ3) is 3.91. The van der Waals surface area contributed by atoms with E-state index in [1.54, 1.807) is 7.11 Å². The molecule has 6 rings (SSSR count). The standard InChI is InChI=1S/C35H45NO7/c1-18-16-34-20(3)13-19(2)32(5,6)25(28(34)37)14-22-17-41-33(7,8)43-30(22)35(34,39)29(18)42-31(38)27-21(4)24-15-23(40-10)11-12-26(24)36(27)9/h11-12,14-16,19-20,25,29-30,39H,13,17H2,1-10H3/t19-,20+,25+,29-,30+,34-,35+/m0/s1. The van der Waals surface area contributed by atoms with Crippen molar-refractivity contribution < 1.29 is 33.6 Å². The number of ether oxygens (including phenoxy) is 4. The minimum absolute atomic E-state index is 0.0501. The van der Waals surface area contributed by atoms with E-state index in [2.05, 4.69) is 20.8 Å². The highest BCUT2D eigenvalue weighted by Gasteiger charge is 2.74. The molecule has 1 aliphatic heterocycles. The zero-order valence-corrected chi connectivity index (χ0v) is 27.0. The van der Waals surface area contributed by atoms with Crippen molar-refractivity contribution in [2.45, 2.75) is 85.4 Å². The average molecular weight is 592 g/mol. The summed E-state index contributed by atoms with van der Waals surface area (Å²) in [7, 11) is 3.44. The van der Waals surface area contributed by atoms with Crippen molar-refractivity contribution in [2.24, 2.45) is 35.6 Å². The van der Waals surface area contributed by atoms with Gasteiger partial charge in [0, 0.05) is 23.9 Å². The first-order valence-electron chi connectivity index (χ1n) is 15.3. The van der Waals surface area contributed by atoms with E-state index in [1.807, 2.05) is 76.6 Å². The largest absolute Gasteiger partial charge is 0.497 e. The predicted octanol–water partition coefficient (Wildman–Crippen LogP) is 5.68. The molecule has 43 heavy (non-hydrogen) atoms. The van der Waals surface area contributed by atoms with Crippen LogP contribution >= 0.6 is 0 Å². The molecule has 3 aliphatic carbocycles. The lowest BCUT2D eigenvalue weighted by atomic mass is 9.59. The van der Waals surface area contributed by atoms with Crippen LogP contribution in [0.25, 0.3) is 10.9 Å². The van der Waals surface area contributed by atoms with Crippen molar-refractivity contribution in [1.82, 2.24) is 4.57 Å². The maximum Gasteiger partial charge on any atom is 0.355 e. The van der Waals surface area contributed by atoms with Crippen LogP contribution in [0.3, 0.4) is 0 Å². The van der Waals surface area contributed by atoms with Crippen LogP contribution in [-0.4, -0.2) is 58.7 Å². The number of aliphatic hydroxyl groups is 1. The fourth-order valence-electron chi connectivity index (χ4n) is 8.55. The molecule has 1 saturated carbocycles. The number of hydrogen-bond acceptors (Lipinski definition) is 7. The van der Waals surface area contributed by atoms with Crippen LogP contribution in [0.2, 0.25) is 0 Å². The van der Waals surface area contributed by atoms with Crippen molar-refractivity contribution in [3.8, 4) is 5.75 Å². The van der Waals surface area contributed by atoms with Crippen molar-refractivity contribution in [2.75, 3.05) is 13.7 Å². The maximum atomic E-state index is 15.0. The molecule has 0 amide bonds. The lowest BCUT2D eigenvalue weighted by Crippen LogP contribution is -2.68. The monoisotopic (exact) mass is 591 g/mol. The van der Waals surface area contributed by atoms with E-state index >= 15 is 0 Å². The summed E-state index contributed by atoms with van der Waals surface area (Å²) in [6.07, 6.45) is 2.58. The van der Waals surface area contributed by atoms with E-state index in [0.717, 1.165) is 22.9 Å². The molecular weight excluding hydrogens is 546 g/mol. The van der Waals surface area contributed by atoms with E-state index in [0.29, 0.717) is 22.6 Å². The lowest BCUT2D eigenvalue weighted by molar-refractivity contribution is -0.302. The number of carbonyl (C=O) groups is 2. The Morgan fingerprint density at radius 1 is 1.12 bits per heavy atom. The van der Waals surface area contributed by atoms with Crippen molar-refractivity contribution in [3.63, 3.8) is 0 Å². The van der Waals surface area contributed by atoms with Crippen LogP contribution in [0.5, 0.6) is 5.75 Å². The Morgan fingerprint density at radius 3 is 2.49 bits per heavy atom. The molecular formula is C35H45NO7. The normalized spacial score (nSPS) is 36.2. The van der Waals surface area contributed by atoms with Crippen LogP contribution in [0.4, 0.5) is 0 Å². The number of benzene rings is 1. The van der Waals surface area contributed by atoms with E-state index in [9.17, 15) is 14.7 Å². The zero-order valence-electron chi connectivity index (χ0n) is 27.0. The van der Waals surface area contributed by atoms with Gasteiger partial charge in [-0.3, -0.25) is 4.79 Å². The quantitative estimate of drug-likeness (QED) is 0.363. The summed E-state index contributed by atoms with van der Waals surface area (Å²) >= 11 is 0. The van der Waals surface area contributed by atoms with Gasteiger partial charge in [0.15, 0.2) is 23.3 Å². The van der Waals surface area contributed by atoms with E-state index in [1.165, 1.54) is 0 Å². The number of hydrogen-bond donors (Lipinski definition) is 1. The minimum Gasteiger partial charge on any atom is -0.497 e. The highest BCUT2D eigenvalue weighted by Crippen LogP contribution is 2.64.